The number of hydrogen-bond donors (Lipinski definition) is 2. The van der Waals surface area contributed by atoms with E-state index in [9.17, 15) is 14.4 Å². The molecule has 26 heavy (non-hydrogen) atoms. The number of nitrogens with two attached hydrogens (primary N) is 1. The van der Waals surface area contributed by atoms with Gasteiger partial charge in [0.25, 0.3) is 0 Å². The summed E-state index contributed by atoms with van der Waals surface area (Å²) < 4.78 is -0.453. The van der Waals surface area contributed by atoms with Crippen molar-refractivity contribution in [1.82, 2.24) is 10.2 Å². The van der Waals surface area contributed by atoms with Crippen molar-refractivity contribution >= 4 is 29.5 Å². The van der Waals surface area contributed by atoms with Crippen molar-refractivity contribution in [3.05, 3.63) is 35.9 Å². The first kappa shape index (κ1) is 23.9. The zero-order valence-corrected chi connectivity index (χ0v) is 15.3. The minimum Gasteiger partial charge on any atom is -0.412 e. The highest BCUT2D eigenvalue weighted by molar-refractivity contribution is 8.01. The van der Waals surface area contributed by atoms with Crippen LogP contribution in [0.2, 0.25) is 0 Å². The van der Waals surface area contributed by atoms with E-state index in [2.05, 4.69) is 5.32 Å². The van der Waals surface area contributed by atoms with E-state index in [1.807, 2.05) is 44.2 Å². The highest BCUT2D eigenvalue weighted by Gasteiger charge is 2.63. The lowest BCUT2D eigenvalue weighted by atomic mass is 9.95. The van der Waals surface area contributed by atoms with E-state index < -0.39 is 22.7 Å². The van der Waals surface area contributed by atoms with Gasteiger partial charge in [-0.1, -0.05) is 30.3 Å². The fraction of sp³-hybridized carbons (Fsp3) is 0.438. The summed E-state index contributed by atoms with van der Waals surface area (Å²) in [4.78, 5) is 37.6. The van der Waals surface area contributed by atoms with Gasteiger partial charge in [0.05, 0.1) is 6.42 Å². The van der Waals surface area contributed by atoms with Crippen LogP contribution in [0.1, 0.15) is 19.4 Å². The second kappa shape index (κ2) is 8.49. The van der Waals surface area contributed by atoms with Gasteiger partial charge in [0, 0.05) is 4.75 Å². The summed E-state index contributed by atoms with van der Waals surface area (Å²) in [6.45, 7) is 3.78. The Morgan fingerprint density at radius 1 is 1.19 bits per heavy atom. The van der Waals surface area contributed by atoms with Crippen LogP contribution in [0.4, 0.5) is 0 Å². The van der Waals surface area contributed by atoms with Crippen LogP contribution in [0.15, 0.2) is 30.3 Å². The Hall–Kier alpha value is -2.14. The average molecular weight is 387 g/mol. The number of primary amides is 1. The van der Waals surface area contributed by atoms with Gasteiger partial charge in [-0.05, 0) is 19.4 Å². The zero-order valence-electron chi connectivity index (χ0n) is 14.5. The number of benzene rings is 1. The number of hydrogen-bond acceptors (Lipinski definition) is 4. The SMILES string of the molecule is CC1(C)SC2C(NC(=O)Cc3ccccc3)C(=O)N2C1C(N)=O.O.O.O. The molecule has 10 heteroatoms. The number of amides is 3. The molecule has 3 amide bonds. The number of β-lactam (4-membered cyclic amide) rings is 1. The van der Waals surface area contributed by atoms with Crippen LogP contribution >= 0.6 is 11.8 Å². The van der Waals surface area contributed by atoms with Gasteiger partial charge in [-0.2, -0.15) is 0 Å². The summed E-state index contributed by atoms with van der Waals surface area (Å²) in [7, 11) is 0. The molecule has 1 aromatic rings. The lowest BCUT2D eigenvalue weighted by molar-refractivity contribution is -0.154. The molecule has 9 N–H and O–H groups in total. The molecule has 0 aliphatic carbocycles. The fourth-order valence-corrected chi connectivity index (χ4v) is 4.86. The van der Waals surface area contributed by atoms with E-state index in [1.165, 1.54) is 16.7 Å². The lowest BCUT2D eigenvalue weighted by Crippen LogP contribution is -2.71. The van der Waals surface area contributed by atoms with E-state index in [0.29, 0.717) is 0 Å². The predicted molar refractivity (Wildman–Crippen MR) is 98.2 cm³/mol. The second-order valence-corrected chi connectivity index (χ2v) is 8.14. The second-order valence-electron chi connectivity index (χ2n) is 6.37. The van der Waals surface area contributed by atoms with Crippen molar-refractivity contribution in [2.45, 2.75) is 42.5 Å². The third-order valence-corrected chi connectivity index (χ3v) is 5.81. The molecular weight excluding hydrogens is 362 g/mol. The van der Waals surface area contributed by atoms with Gasteiger partial charge in [0.2, 0.25) is 17.7 Å². The van der Waals surface area contributed by atoms with E-state index in [4.69, 9.17) is 5.73 Å². The number of carbonyl (C=O) groups is 3. The standard InChI is InChI=1S/C16H19N3O3S.3H2O/c1-16(2)12(13(17)21)19-14(22)11(15(19)23-16)18-10(20)8-9-6-4-3-5-7-9;;;/h3-7,11-12,15H,8H2,1-2H3,(H2,17,21)(H,18,20);3*1H2. The molecular formula is C16H25N3O6S. The van der Waals surface area contributed by atoms with Crippen LogP contribution in [-0.4, -0.2) is 61.3 Å². The van der Waals surface area contributed by atoms with Crippen molar-refractivity contribution in [2.75, 3.05) is 0 Å². The summed E-state index contributed by atoms with van der Waals surface area (Å²) >= 11 is 1.50. The number of carbonyl (C=O) groups excluding carboxylic acids is 3. The molecule has 0 aromatic heterocycles. The third-order valence-electron chi connectivity index (χ3n) is 4.23. The van der Waals surface area contributed by atoms with Gasteiger partial charge in [-0.15, -0.1) is 11.8 Å². The first-order valence-corrected chi connectivity index (χ1v) is 8.32. The number of thioether (sulfide) groups is 1. The zero-order chi connectivity index (χ0) is 16.8. The normalized spacial score (nSPS) is 24.8. The van der Waals surface area contributed by atoms with Crippen LogP contribution in [0, 0.1) is 0 Å². The Labute approximate surface area is 155 Å². The van der Waals surface area contributed by atoms with Crippen LogP contribution in [0.3, 0.4) is 0 Å². The molecule has 9 nitrogen and oxygen atoms in total. The molecule has 0 spiro atoms. The van der Waals surface area contributed by atoms with Crippen LogP contribution in [0.5, 0.6) is 0 Å². The monoisotopic (exact) mass is 387 g/mol. The fourth-order valence-electron chi connectivity index (χ4n) is 3.21. The summed E-state index contributed by atoms with van der Waals surface area (Å²) in [6, 6.07) is 8.13. The largest absolute Gasteiger partial charge is 0.412 e. The lowest BCUT2D eigenvalue weighted by Gasteiger charge is -2.43. The Kier molecular flexibility index (Phi) is 7.80. The number of rotatable bonds is 4. The minimum absolute atomic E-state index is 0. The van der Waals surface area contributed by atoms with E-state index in [1.54, 1.807) is 0 Å². The Morgan fingerprint density at radius 2 is 1.77 bits per heavy atom. The van der Waals surface area contributed by atoms with Gasteiger partial charge in [-0.3, -0.25) is 14.4 Å². The first-order chi connectivity index (χ1) is 10.8. The summed E-state index contributed by atoms with van der Waals surface area (Å²) in [5.41, 5.74) is 6.33. The van der Waals surface area contributed by atoms with Gasteiger partial charge >= 0.3 is 0 Å². The smallest absolute Gasteiger partial charge is 0.249 e. The van der Waals surface area contributed by atoms with Crippen molar-refractivity contribution in [3.8, 4) is 0 Å². The molecule has 2 aliphatic heterocycles. The average Bonchev–Trinajstić information content (AvgIpc) is 2.74. The number of nitrogens with zero attached hydrogens (tertiary/aromatic N) is 1. The third kappa shape index (κ3) is 3.98. The van der Waals surface area contributed by atoms with Gasteiger partial charge in [0.1, 0.15) is 17.5 Å². The molecule has 146 valence electrons. The summed E-state index contributed by atoms with van der Waals surface area (Å²) in [5.74, 6) is -0.944. The van der Waals surface area contributed by atoms with Crippen molar-refractivity contribution in [1.29, 1.82) is 0 Å². The Morgan fingerprint density at radius 3 is 2.31 bits per heavy atom. The van der Waals surface area contributed by atoms with Gasteiger partial charge in [0.15, 0.2) is 0 Å². The van der Waals surface area contributed by atoms with E-state index in [0.717, 1.165) is 5.56 Å². The molecule has 0 saturated carbocycles. The molecule has 2 heterocycles. The molecule has 0 radical (unpaired) electrons. The molecule has 2 saturated heterocycles. The quantitative estimate of drug-likeness (QED) is 0.554. The summed E-state index contributed by atoms with van der Waals surface area (Å²) in [5, 5.41) is 2.55. The molecule has 3 rings (SSSR count). The molecule has 2 fully saturated rings. The maximum atomic E-state index is 12.3. The van der Waals surface area contributed by atoms with E-state index >= 15 is 0 Å². The molecule has 0 bridgehead atoms. The van der Waals surface area contributed by atoms with Crippen molar-refractivity contribution in [3.63, 3.8) is 0 Å². The van der Waals surface area contributed by atoms with Crippen molar-refractivity contribution in [2.24, 2.45) is 5.73 Å². The van der Waals surface area contributed by atoms with E-state index in [-0.39, 0.29) is 40.0 Å². The Bertz CT molecular complexity index is 669. The van der Waals surface area contributed by atoms with Gasteiger partial charge < -0.3 is 32.4 Å². The highest BCUT2D eigenvalue weighted by Crippen LogP contribution is 2.50. The number of nitrogens with one attached hydrogen (secondary N) is 1. The molecule has 3 unspecified atom stereocenters. The summed E-state index contributed by atoms with van der Waals surface area (Å²) in [6.07, 6.45) is 0.227. The maximum absolute atomic E-state index is 12.3. The molecule has 2 aliphatic rings. The highest BCUT2D eigenvalue weighted by atomic mass is 32.2. The topological polar surface area (TPSA) is 187 Å². The van der Waals surface area contributed by atoms with Gasteiger partial charge in [-0.25, -0.2) is 0 Å². The first-order valence-electron chi connectivity index (χ1n) is 7.44. The molecule has 3 atom stereocenters. The van der Waals surface area contributed by atoms with Crippen LogP contribution < -0.4 is 11.1 Å². The maximum Gasteiger partial charge on any atom is 0.249 e. The molecule has 1 aromatic carbocycles. The van der Waals surface area contributed by atoms with Crippen molar-refractivity contribution < 1.29 is 30.8 Å². The number of fused-ring (bicyclic) bond motifs is 1. The minimum atomic E-state index is -0.632. The Balaban J connectivity index is 0.00000208. The van der Waals surface area contributed by atoms with Crippen LogP contribution in [-0.2, 0) is 20.8 Å². The van der Waals surface area contributed by atoms with Crippen LogP contribution in [0.25, 0.3) is 0 Å². The predicted octanol–water partition coefficient (Wildman–Crippen LogP) is -2.21.